The maximum atomic E-state index is 12.1. The monoisotopic (exact) mass is 687 g/mol. The van der Waals surface area contributed by atoms with Gasteiger partial charge in [0.2, 0.25) is 12.4 Å². The molecule has 1 saturated heterocycles. The van der Waals surface area contributed by atoms with E-state index in [1.165, 1.54) is 14.0 Å². The Morgan fingerprint density at radius 2 is 1.54 bits per heavy atom. The Hall–Kier alpha value is -5.89. The smallest absolute Gasteiger partial charge is 0.303 e. The van der Waals surface area contributed by atoms with Crippen LogP contribution < -0.4 is 9.47 Å². The maximum absolute atomic E-state index is 12.1. The number of fused-ring (bicyclic) bond motifs is 1. The van der Waals surface area contributed by atoms with E-state index in [2.05, 4.69) is 27.3 Å². The van der Waals surface area contributed by atoms with E-state index in [-0.39, 0.29) is 12.4 Å². The van der Waals surface area contributed by atoms with Gasteiger partial charge in [-0.2, -0.15) is 5.10 Å². The lowest BCUT2D eigenvalue weighted by Crippen LogP contribution is -2.63. The van der Waals surface area contributed by atoms with E-state index in [1.54, 1.807) is 18.2 Å². The van der Waals surface area contributed by atoms with Crippen molar-refractivity contribution >= 4 is 59.1 Å². The van der Waals surface area contributed by atoms with Gasteiger partial charge in [-0.15, -0.1) is 0 Å². The number of hydrogen-bond acceptors (Lipinski definition) is 12. The number of ether oxygens (including phenoxy) is 7. The van der Waals surface area contributed by atoms with Gasteiger partial charge in [-0.1, -0.05) is 18.2 Å². The molecule has 14 nitrogen and oxygen atoms in total. The molecule has 2 N–H and O–H groups in total. The van der Waals surface area contributed by atoms with E-state index >= 15 is 0 Å². The quantitative estimate of drug-likeness (QED) is 0.155. The molecule has 1 aliphatic rings. The highest BCUT2D eigenvalue weighted by Gasteiger charge is 2.53. The fourth-order valence-electron chi connectivity index (χ4n) is 5.37. The molecule has 0 radical (unpaired) electrons. The lowest BCUT2D eigenvalue weighted by atomic mass is 9.98. The standard InChI is InChI=1S/C36H37N3O11/c1-20(40)45-19-32-33(46-21(2)41)34(47-22(3)42)35(48-23(4)43)36(50-32)49-29-13-10-26(31(18-29)44-5)9-12-28-17-27(38-39-28)11-7-24-6-8-25-14-15-37-30(25)16-24/h6-18,32-37H,19H2,1-5H3,(H,38,39)/b11-7+,12-9+/t32-,33-,34+,35-,36-/m1/s1. The summed E-state index contributed by atoms with van der Waals surface area (Å²) in [4.78, 5) is 51.1. The molecular weight excluding hydrogens is 650 g/mol. The van der Waals surface area contributed by atoms with Crippen LogP contribution in [-0.4, -0.2) is 83.5 Å². The molecule has 2 aromatic heterocycles. The summed E-state index contributed by atoms with van der Waals surface area (Å²) in [6, 6.07) is 15.0. The van der Waals surface area contributed by atoms with Crippen LogP contribution in [0.1, 0.15) is 50.2 Å². The van der Waals surface area contributed by atoms with Gasteiger partial charge in [0, 0.05) is 51.0 Å². The van der Waals surface area contributed by atoms with Crippen LogP contribution in [0.3, 0.4) is 0 Å². The zero-order chi connectivity index (χ0) is 35.8. The molecule has 14 heteroatoms. The van der Waals surface area contributed by atoms with Gasteiger partial charge in [0.25, 0.3) is 0 Å². The molecular formula is C36H37N3O11. The predicted octanol–water partition coefficient (Wildman–Crippen LogP) is 4.70. The first-order valence-electron chi connectivity index (χ1n) is 15.6. The molecule has 2 aromatic carbocycles. The molecule has 1 aliphatic heterocycles. The molecule has 0 bridgehead atoms. The average Bonchev–Trinajstić information content (AvgIpc) is 3.73. The molecule has 1 fully saturated rings. The van der Waals surface area contributed by atoms with Crippen molar-refractivity contribution in [2.24, 2.45) is 0 Å². The number of benzene rings is 2. The Balaban J connectivity index is 1.34. The molecule has 0 unspecified atom stereocenters. The van der Waals surface area contributed by atoms with Gasteiger partial charge in [0.1, 0.15) is 24.2 Å². The number of aromatic amines is 2. The molecule has 0 amide bonds. The lowest BCUT2D eigenvalue weighted by Gasteiger charge is -2.43. The van der Waals surface area contributed by atoms with Crippen LogP contribution in [0.5, 0.6) is 11.5 Å². The minimum atomic E-state index is -1.39. The first kappa shape index (κ1) is 35.4. The predicted molar refractivity (Wildman–Crippen MR) is 180 cm³/mol. The van der Waals surface area contributed by atoms with Gasteiger partial charge in [-0.3, -0.25) is 24.3 Å². The number of carbonyl (C=O) groups is 4. The number of nitrogens with zero attached hydrogens (tertiary/aromatic N) is 1. The van der Waals surface area contributed by atoms with Crippen molar-refractivity contribution in [2.75, 3.05) is 13.7 Å². The van der Waals surface area contributed by atoms with Gasteiger partial charge < -0.3 is 38.1 Å². The Kier molecular flexibility index (Phi) is 11.3. The zero-order valence-electron chi connectivity index (χ0n) is 28.0. The van der Waals surface area contributed by atoms with Gasteiger partial charge >= 0.3 is 23.9 Å². The largest absolute Gasteiger partial charge is 0.496 e. The van der Waals surface area contributed by atoms with Crippen molar-refractivity contribution in [1.82, 2.24) is 15.2 Å². The third-order valence-electron chi connectivity index (χ3n) is 7.49. The first-order chi connectivity index (χ1) is 24.0. The van der Waals surface area contributed by atoms with Crippen LogP contribution in [0.15, 0.2) is 54.7 Å². The summed E-state index contributed by atoms with van der Waals surface area (Å²) < 4.78 is 39.2. The Morgan fingerprint density at radius 3 is 2.26 bits per heavy atom. The second-order valence-electron chi connectivity index (χ2n) is 11.3. The van der Waals surface area contributed by atoms with Crippen molar-refractivity contribution in [3.63, 3.8) is 0 Å². The van der Waals surface area contributed by atoms with Crippen molar-refractivity contribution in [2.45, 2.75) is 58.4 Å². The fraction of sp³-hybridized carbons (Fsp3) is 0.306. The second-order valence-corrected chi connectivity index (χ2v) is 11.3. The van der Waals surface area contributed by atoms with Gasteiger partial charge in [0.15, 0.2) is 12.2 Å². The fourth-order valence-corrected chi connectivity index (χ4v) is 5.37. The van der Waals surface area contributed by atoms with Crippen LogP contribution in [0.25, 0.3) is 35.2 Å². The molecule has 262 valence electrons. The van der Waals surface area contributed by atoms with Gasteiger partial charge in [0.05, 0.1) is 18.5 Å². The van der Waals surface area contributed by atoms with Crippen molar-refractivity contribution in [1.29, 1.82) is 0 Å². The number of esters is 4. The minimum Gasteiger partial charge on any atom is -0.496 e. The highest BCUT2D eigenvalue weighted by molar-refractivity contribution is 5.83. The summed E-state index contributed by atoms with van der Waals surface area (Å²) in [7, 11) is 1.49. The molecule has 5 rings (SSSR count). The Labute approximate surface area is 287 Å². The highest BCUT2D eigenvalue weighted by atomic mass is 16.7. The van der Waals surface area contributed by atoms with Crippen LogP contribution in [0.2, 0.25) is 0 Å². The molecule has 0 aliphatic carbocycles. The Bertz CT molecular complexity index is 1910. The van der Waals surface area contributed by atoms with E-state index in [4.69, 9.17) is 33.2 Å². The SMILES string of the molecule is COc1cc(O[C@@H]2O[C@H](COC(C)=O)[C@@H](OC(C)=O)[C@H](OC(C)=O)[C@H]2OC(C)=O)ccc1/C=C/c1cc(/C=C/c2ccc3cc[nH]c3c2)n[nH]1. The number of rotatable bonds is 12. The number of aromatic nitrogens is 3. The van der Waals surface area contributed by atoms with E-state index in [9.17, 15) is 19.2 Å². The molecule has 50 heavy (non-hydrogen) atoms. The third kappa shape index (κ3) is 9.17. The molecule has 3 heterocycles. The summed E-state index contributed by atoms with van der Waals surface area (Å²) in [6.45, 7) is 4.26. The molecule has 5 atom stereocenters. The zero-order valence-corrected chi connectivity index (χ0v) is 28.0. The van der Waals surface area contributed by atoms with Crippen LogP contribution in [0, 0.1) is 0 Å². The number of nitrogens with one attached hydrogen (secondary N) is 2. The number of hydrogen-bond donors (Lipinski definition) is 2. The first-order valence-corrected chi connectivity index (χ1v) is 15.6. The van der Waals surface area contributed by atoms with E-state index in [1.807, 2.05) is 48.7 Å². The molecule has 0 saturated carbocycles. The summed E-state index contributed by atoms with van der Waals surface area (Å²) in [5.74, 6) is -2.16. The maximum Gasteiger partial charge on any atom is 0.303 e. The van der Waals surface area contributed by atoms with Crippen molar-refractivity contribution in [3.05, 3.63) is 77.2 Å². The highest BCUT2D eigenvalue weighted by Crippen LogP contribution is 2.33. The number of carbonyl (C=O) groups excluding carboxylic acids is 4. The normalized spacial score (nSPS) is 20.5. The second kappa shape index (κ2) is 16.0. The number of H-pyrrole nitrogens is 2. The van der Waals surface area contributed by atoms with Crippen molar-refractivity contribution in [3.8, 4) is 11.5 Å². The topological polar surface area (TPSA) is 177 Å². The molecule has 4 aromatic rings. The van der Waals surface area contributed by atoms with Crippen LogP contribution >= 0.6 is 0 Å². The van der Waals surface area contributed by atoms with Crippen LogP contribution in [0.4, 0.5) is 0 Å². The van der Waals surface area contributed by atoms with Gasteiger partial charge in [-0.25, -0.2) is 0 Å². The van der Waals surface area contributed by atoms with Crippen LogP contribution in [-0.2, 0) is 42.9 Å². The van der Waals surface area contributed by atoms with Crippen molar-refractivity contribution < 1.29 is 52.3 Å². The summed E-state index contributed by atoms with van der Waals surface area (Å²) in [6.07, 6.45) is 2.91. The van der Waals surface area contributed by atoms with Gasteiger partial charge in [-0.05, 0) is 59.5 Å². The summed E-state index contributed by atoms with van der Waals surface area (Å²) in [5.41, 5.74) is 4.30. The average molecular weight is 688 g/mol. The minimum absolute atomic E-state index is 0.242. The van der Waals surface area contributed by atoms with E-state index < -0.39 is 54.6 Å². The molecule has 0 spiro atoms. The Morgan fingerprint density at radius 1 is 0.800 bits per heavy atom. The number of methoxy groups -OCH3 is 1. The third-order valence-corrected chi connectivity index (χ3v) is 7.49. The summed E-state index contributed by atoms with van der Waals surface area (Å²) >= 11 is 0. The lowest BCUT2D eigenvalue weighted by molar-refractivity contribution is -0.288. The van der Waals surface area contributed by atoms with E-state index in [0.717, 1.165) is 48.6 Å². The summed E-state index contributed by atoms with van der Waals surface area (Å²) in [5, 5.41) is 8.50. The van der Waals surface area contributed by atoms with E-state index in [0.29, 0.717) is 11.3 Å².